The molecule has 0 spiro atoms. The maximum Gasteiger partial charge on any atom is 0.471 e. The Morgan fingerprint density at radius 3 is 2.41 bits per heavy atom. The Kier molecular flexibility index (Phi) is 7.90. The van der Waals surface area contributed by atoms with Crippen LogP contribution in [-0.4, -0.2) is 67.0 Å². The van der Waals surface area contributed by atoms with E-state index in [-0.39, 0.29) is 30.2 Å². The normalized spacial score (nSPS) is 16.0. The van der Waals surface area contributed by atoms with E-state index in [4.69, 9.17) is 21.7 Å². The monoisotopic (exact) mass is 496 g/mol. The van der Waals surface area contributed by atoms with Crippen molar-refractivity contribution in [2.75, 3.05) is 26.3 Å². The minimum atomic E-state index is -5.11. The molecular weight excluding hydrogens is 477 g/mol. The molecule has 3 N–H and O–H groups in total. The highest BCUT2D eigenvalue weighted by Crippen LogP contribution is 2.17. The number of amidine groups is 1. The summed E-state index contributed by atoms with van der Waals surface area (Å²) < 4.78 is 42.4. The zero-order valence-corrected chi connectivity index (χ0v) is 18.4. The number of nitrogens with zero attached hydrogens (tertiary/aromatic N) is 1. The third-order valence-corrected chi connectivity index (χ3v) is 5.23. The van der Waals surface area contributed by atoms with E-state index in [1.807, 2.05) is 0 Å². The third kappa shape index (κ3) is 6.33. The van der Waals surface area contributed by atoms with Gasteiger partial charge in [-0.15, -0.1) is 0 Å². The maximum absolute atomic E-state index is 12.9. The van der Waals surface area contributed by atoms with Crippen LogP contribution in [-0.2, 0) is 9.53 Å². The van der Waals surface area contributed by atoms with Gasteiger partial charge >= 0.3 is 12.1 Å². The summed E-state index contributed by atoms with van der Waals surface area (Å²) in [6, 6.07) is 11.2. The molecule has 1 saturated heterocycles. The van der Waals surface area contributed by atoms with Crippen LogP contribution in [0.3, 0.4) is 0 Å². The van der Waals surface area contributed by atoms with E-state index in [1.165, 1.54) is 29.6 Å². The Bertz CT molecular complexity index is 1090. The quantitative estimate of drug-likeness (QED) is 0.436. The fraction of sp³-hybridized carbons (Fsp3) is 0.273. The minimum Gasteiger partial charge on any atom is -0.377 e. The number of amides is 3. The van der Waals surface area contributed by atoms with Crippen molar-refractivity contribution < 1.29 is 32.3 Å². The SMILES string of the molecule is N=C(NC(=O)C(F)(F)F)c1ccc(C(=O)NCC2COCCN2C(=O)c2cccc(Cl)c2)cc1. The molecule has 3 amide bonds. The molecule has 12 heteroatoms. The molecule has 0 saturated carbocycles. The van der Waals surface area contributed by atoms with Gasteiger partial charge in [-0.05, 0) is 30.3 Å². The summed E-state index contributed by atoms with van der Waals surface area (Å²) in [5.41, 5.74) is 0.595. The molecule has 0 aliphatic carbocycles. The number of hydrogen-bond acceptors (Lipinski definition) is 5. The average molecular weight is 497 g/mol. The van der Waals surface area contributed by atoms with Gasteiger partial charge in [0.1, 0.15) is 5.84 Å². The zero-order valence-electron chi connectivity index (χ0n) is 17.6. The number of hydrogen-bond donors (Lipinski definition) is 3. The van der Waals surface area contributed by atoms with E-state index in [1.54, 1.807) is 29.2 Å². The summed E-state index contributed by atoms with van der Waals surface area (Å²) in [5.74, 6) is -3.73. The van der Waals surface area contributed by atoms with Gasteiger partial charge in [0, 0.05) is 34.8 Å². The van der Waals surface area contributed by atoms with E-state index in [0.717, 1.165) is 0 Å². The molecule has 1 atom stereocenters. The lowest BCUT2D eigenvalue weighted by Crippen LogP contribution is -2.53. The van der Waals surface area contributed by atoms with E-state index >= 15 is 0 Å². The predicted octanol–water partition coefficient (Wildman–Crippen LogP) is 2.61. The lowest BCUT2D eigenvalue weighted by Gasteiger charge is -2.35. The highest BCUT2D eigenvalue weighted by molar-refractivity contribution is 6.31. The molecule has 180 valence electrons. The molecule has 2 aromatic carbocycles. The van der Waals surface area contributed by atoms with Crippen LogP contribution in [0.5, 0.6) is 0 Å². The highest BCUT2D eigenvalue weighted by atomic mass is 35.5. The number of benzene rings is 2. The number of ether oxygens (including phenoxy) is 1. The van der Waals surface area contributed by atoms with Gasteiger partial charge in [0.2, 0.25) is 0 Å². The molecule has 2 aromatic rings. The molecule has 0 bridgehead atoms. The smallest absolute Gasteiger partial charge is 0.377 e. The van der Waals surface area contributed by atoms with Gasteiger partial charge in [0.15, 0.2) is 0 Å². The second-order valence-corrected chi connectivity index (χ2v) is 7.79. The molecule has 0 radical (unpaired) electrons. The predicted molar refractivity (Wildman–Crippen MR) is 117 cm³/mol. The van der Waals surface area contributed by atoms with E-state index < -0.39 is 29.9 Å². The second kappa shape index (κ2) is 10.7. The van der Waals surface area contributed by atoms with E-state index in [0.29, 0.717) is 23.7 Å². The van der Waals surface area contributed by atoms with E-state index in [2.05, 4.69) is 5.32 Å². The Hall–Kier alpha value is -3.44. The van der Waals surface area contributed by atoms with Crippen LogP contribution in [0.4, 0.5) is 13.2 Å². The fourth-order valence-electron chi connectivity index (χ4n) is 3.24. The van der Waals surface area contributed by atoms with Gasteiger partial charge in [0.05, 0.1) is 19.3 Å². The Morgan fingerprint density at radius 2 is 1.76 bits per heavy atom. The van der Waals surface area contributed by atoms with Gasteiger partial charge in [-0.25, -0.2) is 0 Å². The first-order chi connectivity index (χ1) is 16.1. The Balaban J connectivity index is 1.60. The van der Waals surface area contributed by atoms with Gasteiger partial charge in [-0.1, -0.05) is 29.8 Å². The van der Waals surface area contributed by atoms with Crippen LogP contribution in [0.25, 0.3) is 0 Å². The van der Waals surface area contributed by atoms with Gasteiger partial charge in [0.25, 0.3) is 11.8 Å². The largest absolute Gasteiger partial charge is 0.471 e. The second-order valence-electron chi connectivity index (χ2n) is 7.35. The summed E-state index contributed by atoms with van der Waals surface area (Å²) in [6.45, 7) is 1.02. The average Bonchev–Trinajstić information content (AvgIpc) is 2.81. The zero-order chi connectivity index (χ0) is 24.9. The van der Waals surface area contributed by atoms with Crippen molar-refractivity contribution in [2.24, 2.45) is 0 Å². The molecule has 1 aliphatic rings. The highest BCUT2D eigenvalue weighted by Gasteiger charge is 2.39. The van der Waals surface area contributed by atoms with Crippen molar-refractivity contribution in [2.45, 2.75) is 12.2 Å². The van der Waals surface area contributed by atoms with Crippen molar-refractivity contribution in [3.05, 3.63) is 70.2 Å². The molecule has 1 aliphatic heterocycles. The lowest BCUT2D eigenvalue weighted by molar-refractivity contribution is -0.171. The third-order valence-electron chi connectivity index (χ3n) is 4.99. The molecule has 8 nitrogen and oxygen atoms in total. The molecule has 1 unspecified atom stereocenters. The van der Waals surface area contributed by atoms with Crippen molar-refractivity contribution >= 4 is 35.2 Å². The first-order valence-electron chi connectivity index (χ1n) is 10.1. The van der Waals surface area contributed by atoms with Crippen LogP contribution in [0.1, 0.15) is 26.3 Å². The molecule has 1 fully saturated rings. The van der Waals surface area contributed by atoms with Crippen molar-refractivity contribution in [1.29, 1.82) is 5.41 Å². The van der Waals surface area contributed by atoms with Gasteiger partial charge < -0.3 is 20.3 Å². The summed E-state index contributed by atoms with van der Waals surface area (Å²) in [6.07, 6.45) is -5.11. The number of halogens is 4. The number of carbonyl (C=O) groups is 3. The summed E-state index contributed by atoms with van der Waals surface area (Å²) in [4.78, 5) is 38.0. The van der Waals surface area contributed by atoms with Crippen molar-refractivity contribution in [3.63, 3.8) is 0 Å². The summed E-state index contributed by atoms with van der Waals surface area (Å²) >= 11 is 5.97. The summed E-state index contributed by atoms with van der Waals surface area (Å²) in [7, 11) is 0. The fourth-order valence-corrected chi connectivity index (χ4v) is 3.43. The van der Waals surface area contributed by atoms with Crippen LogP contribution >= 0.6 is 11.6 Å². The minimum absolute atomic E-state index is 0.00637. The van der Waals surface area contributed by atoms with Crippen LogP contribution < -0.4 is 10.6 Å². The van der Waals surface area contributed by atoms with Crippen molar-refractivity contribution in [1.82, 2.24) is 15.5 Å². The maximum atomic E-state index is 12.9. The lowest BCUT2D eigenvalue weighted by atomic mass is 10.1. The molecular formula is C22H20ClF3N4O4. The van der Waals surface area contributed by atoms with Crippen LogP contribution in [0.2, 0.25) is 5.02 Å². The first-order valence-corrected chi connectivity index (χ1v) is 10.4. The van der Waals surface area contributed by atoms with Crippen molar-refractivity contribution in [3.8, 4) is 0 Å². The van der Waals surface area contributed by atoms with Gasteiger partial charge in [-0.3, -0.25) is 19.8 Å². The van der Waals surface area contributed by atoms with E-state index in [9.17, 15) is 27.6 Å². The molecule has 1 heterocycles. The Morgan fingerprint density at radius 1 is 1.09 bits per heavy atom. The molecule has 34 heavy (non-hydrogen) atoms. The number of alkyl halides is 3. The first kappa shape index (κ1) is 25.2. The number of rotatable bonds is 5. The Labute approximate surface area is 197 Å². The van der Waals surface area contributed by atoms with Crippen LogP contribution in [0, 0.1) is 5.41 Å². The molecule has 0 aromatic heterocycles. The standard InChI is InChI=1S/C22H20ClF3N4O4/c23-16-3-1-2-15(10-16)20(32)30-8-9-34-12-17(30)11-28-19(31)14-6-4-13(5-7-14)18(27)29-21(33)22(24,25)26/h1-7,10,17H,8-9,11-12H2,(H,28,31)(H2,27,29,33). The molecule has 3 rings (SSSR count). The number of morpholine rings is 1. The summed E-state index contributed by atoms with van der Waals surface area (Å²) in [5, 5.41) is 12.2. The van der Waals surface area contributed by atoms with Crippen LogP contribution in [0.15, 0.2) is 48.5 Å². The number of nitrogens with one attached hydrogen (secondary N) is 3. The number of carbonyl (C=O) groups excluding carboxylic acids is 3. The topological polar surface area (TPSA) is 112 Å². The van der Waals surface area contributed by atoms with Gasteiger partial charge in [-0.2, -0.15) is 13.2 Å².